The number of amides is 1. The number of ether oxygens (including phenoxy) is 1. The molecule has 0 fully saturated rings. The number of nitrogens with one attached hydrogen (secondary N) is 1. The first-order chi connectivity index (χ1) is 12.8. The second-order valence-corrected chi connectivity index (χ2v) is 8.40. The molecule has 0 saturated carbocycles. The van der Waals surface area contributed by atoms with E-state index in [9.17, 15) is 17.6 Å². The molecule has 0 aromatic heterocycles. The third-order valence-electron chi connectivity index (χ3n) is 3.69. The SMILES string of the molecule is CN(CCOc1ccc(F)cc1)C(=O)CCNS(=O)(=O)c1ccc(Br)cc1. The van der Waals surface area contributed by atoms with Crippen molar-refractivity contribution in [1.82, 2.24) is 9.62 Å². The Balaban J connectivity index is 1.72. The summed E-state index contributed by atoms with van der Waals surface area (Å²) in [6.45, 7) is 0.578. The van der Waals surface area contributed by atoms with E-state index in [0.29, 0.717) is 12.3 Å². The van der Waals surface area contributed by atoms with E-state index in [2.05, 4.69) is 20.7 Å². The van der Waals surface area contributed by atoms with E-state index >= 15 is 0 Å². The molecule has 0 aliphatic heterocycles. The third-order valence-corrected chi connectivity index (χ3v) is 5.70. The maximum absolute atomic E-state index is 12.8. The Morgan fingerprint density at radius 2 is 1.78 bits per heavy atom. The second kappa shape index (κ2) is 9.82. The zero-order valence-electron chi connectivity index (χ0n) is 14.7. The molecule has 2 aromatic carbocycles. The van der Waals surface area contributed by atoms with Crippen LogP contribution in [-0.4, -0.2) is 46.0 Å². The summed E-state index contributed by atoms with van der Waals surface area (Å²) in [4.78, 5) is 13.7. The Morgan fingerprint density at radius 3 is 2.41 bits per heavy atom. The van der Waals surface area contributed by atoms with Gasteiger partial charge in [0.05, 0.1) is 11.4 Å². The number of nitrogens with zero attached hydrogens (tertiary/aromatic N) is 1. The van der Waals surface area contributed by atoms with Crippen LogP contribution < -0.4 is 9.46 Å². The van der Waals surface area contributed by atoms with Crippen LogP contribution in [0, 0.1) is 5.82 Å². The number of carbonyl (C=O) groups is 1. The lowest BCUT2D eigenvalue weighted by Gasteiger charge is -2.17. The normalized spacial score (nSPS) is 11.2. The average Bonchev–Trinajstić information content (AvgIpc) is 2.63. The summed E-state index contributed by atoms with van der Waals surface area (Å²) in [6.07, 6.45) is 0.0306. The molecule has 0 aliphatic carbocycles. The average molecular weight is 459 g/mol. The molecular weight excluding hydrogens is 439 g/mol. The van der Waals surface area contributed by atoms with Crippen molar-refractivity contribution in [3.63, 3.8) is 0 Å². The summed E-state index contributed by atoms with van der Waals surface area (Å²) >= 11 is 3.25. The van der Waals surface area contributed by atoms with Gasteiger partial charge in [0.2, 0.25) is 15.9 Å². The van der Waals surface area contributed by atoms with Crippen molar-refractivity contribution in [2.75, 3.05) is 26.7 Å². The van der Waals surface area contributed by atoms with Gasteiger partial charge in [-0.1, -0.05) is 15.9 Å². The highest BCUT2D eigenvalue weighted by atomic mass is 79.9. The molecule has 0 spiro atoms. The molecule has 0 bridgehead atoms. The zero-order valence-corrected chi connectivity index (χ0v) is 17.1. The van der Waals surface area contributed by atoms with E-state index in [1.165, 1.54) is 41.3 Å². The number of halogens is 2. The summed E-state index contributed by atoms with van der Waals surface area (Å²) in [5.74, 6) is -0.0454. The van der Waals surface area contributed by atoms with Crippen molar-refractivity contribution in [3.05, 3.63) is 58.8 Å². The van der Waals surface area contributed by atoms with Gasteiger partial charge in [-0.3, -0.25) is 4.79 Å². The molecule has 0 radical (unpaired) electrons. The first-order valence-electron chi connectivity index (χ1n) is 8.15. The Morgan fingerprint density at radius 1 is 1.15 bits per heavy atom. The molecule has 1 amide bonds. The summed E-state index contributed by atoms with van der Waals surface area (Å²) in [5.41, 5.74) is 0. The summed E-state index contributed by atoms with van der Waals surface area (Å²) in [7, 11) is -2.04. The highest BCUT2D eigenvalue weighted by Crippen LogP contribution is 2.14. The van der Waals surface area contributed by atoms with Crippen molar-refractivity contribution in [1.29, 1.82) is 0 Å². The van der Waals surface area contributed by atoms with Gasteiger partial charge in [0, 0.05) is 24.5 Å². The van der Waals surface area contributed by atoms with Gasteiger partial charge in [-0.15, -0.1) is 0 Å². The molecule has 2 rings (SSSR count). The molecule has 9 heteroatoms. The largest absolute Gasteiger partial charge is 0.492 e. The second-order valence-electron chi connectivity index (χ2n) is 5.72. The number of likely N-dealkylation sites (N-methyl/N-ethyl adjacent to an activating group) is 1. The zero-order chi connectivity index (χ0) is 19.9. The number of carbonyl (C=O) groups excluding carboxylic acids is 1. The van der Waals surface area contributed by atoms with E-state index in [-0.39, 0.29) is 36.2 Å². The molecule has 2 aromatic rings. The summed E-state index contributed by atoms with van der Waals surface area (Å²) < 4.78 is 45.7. The van der Waals surface area contributed by atoms with Gasteiger partial charge in [0.25, 0.3) is 0 Å². The highest BCUT2D eigenvalue weighted by Gasteiger charge is 2.15. The number of rotatable bonds is 9. The third kappa shape index (κ3) is 6.93. The predicted octanol–water partition coefficient (Wildman–Crippen LogP) is 2.79. The van der Waals surface area contributed by atoms with Gasteiger partial charge >= 0.3 is 0 Å². The number of hydrogen-bond acceptors (Lipinski definition) is 4. The topological polar surface area (TPSA) is 75.7 Å². The van der Waals surface area contributed by atoms with Gasteiger partial charge in [0.1, 0.15) is 18.2 Å². The molecule has 1 N–H and O–H groups in total. The Hall–Kier alpha value is -1.97. The van der Waals surface area contributed by atoms with Crippen LogP contribution in [0.3, 0.4) is 0 Å². The van der Waals surface area contributed by atoms with Crippen molar-refractivity contribution >= 4 is 31.9 Å². The maximum atomic E-state index is 12.8. The van der Waals surface area contributed by atoms with Gasteiger partial charge in [-0.2, -0.15) is 0 Å². The van der Waals surface area contributed by atoms with Crippen molar-refractivity contribution in [2.24, 2.45) is 0 Å². The minimum Gasteiger partial charge on any atom is -0.492 e. The fourth-order valence-electron chi connectivity index (χ4n) is 2.14. The fourth-order valence-corrected chi connectivity index (χ4v) is 3.43. The molecule has 6 nitrogen and oxygen atoms in total. The maximum Gasteiger partial charge on any atom is 0.240 e. The molecular formula is C18H20BrFN2O4S. The smallest absolute Gasteiger partial charge is 0.240 e. The molecule has 146 valence electrons. The van der Waals surface area contributed by atoms with Gasteiger partial charge < -0.3 is 9.64 Å². The number of benzene rings is 2. The number of sulfonamides is 1. The van der Waals surface area contributed by atoms with E-state index in [1.807, 2.05) is 0 Å². The lowest BCUT2D eigenvalue weighted by Crippen LogP contribution is -2.34. The monoisotopic (exact) mass is 458 g/mol. The van der Waals surface area contributed by atoms with Crippen LogP contribution in [0.2, 0.25) is 0 Å². The Bertz CT molecular complexity index is 858. The first-order valence-corrected chi connectivity index (χ1v) is 10.4. The van der Waals surface area contributed by atoms with E-state index < -0.39 is 10.0 Å². The van der Waals surface area contributed by atoms with Crippen molar-refractivity contribution in [3.8, 4) is 5.75 Å². The standard InChI is InChI=1S/C18H20BrFN2O4S/c1-22(12-13-26-16-6-4-15(20)5-7-16)18(23)10-11-21-27(24,25)17-8-2-14(19)3-9-17/h2-9,21H,10-13H2,1H3. The molecule has 0 aliphatic rings. The molecule has 0 saturated heterocycles. The van der Waals surface area contributed by atoms with Crippen LogP contribution in [0.25, 0.3) is 0 Å². The minimum atomic E-state index is -3.65. The van der Waals surface area contributed by atoms with Gasteiger partial charge in [-0.05, 0) is 48.5 Å². The van der Waals surface area contributed by atoms with Crippen LogP contribution in [0.5, 0.6) is 5.75 Å². The Labute approximate surface area is 166 Å². The number of hydrogen-bond donors (Lipinski definition) is 1. The van der Waals surface area contributed by atoms with E-state index in [0.717, 1.165) is 4.47 Å². The highest BCUT2D eigenvalue weighted by molar-refractivity contribution is 9.10. The van der Waals surface area contributed by atoms with Crippen LogP contribution >= 0.6 is 15.9 Å². The Kier molecular flexibility index (Phi) is 7.76. The fraction of sp³-hybridized carbons (Fsp3) is 0.278. The van der Waals surface area contributed by atoms with Crippen molar-refractivity contribution < 1.29 is 22.3 Å². The van der Waals surface area contributed by atoms with Gasteiger partial charge in [0.15, 0.2) is 0 Å². The summed E-state index contributed by atoms with van der Waals surface area (Å²) in [6, 6.07) is 11.8. The lowest BCUT2D eigenvalue weighted by molar-refractivity contribution is -0.130. The molecule has 0 heterocycles. The van der Waals surface area contributed by atoms with Crippen LogP contribution in [0.4, 0.5) is 4.39 Å². The predicted molar refractivity (Wildman–Crippen MR) is 103 cm³/mol. The van der Waals surface area contributed by atoms with E-state index in [4.69, 9.17) is 4.74 Å². The van der Waals surface area contributed by atoms with Crippen molar-refractivity contribution in [2.45, 2.75) is 11.3 Å². The van der Waals surface area contributed by atoms with E-state index in [1.54, 1.807) is 19.2 Å². The van der Waals surface area contributed by atoms with Crippen LogP contribution in [0.15, 0.2) is 57.9 Å². The first kappa shape index (κ1) is 21.3. The molecule has 27 heavy (non-hydrogen) atoms. The van der Waals surface area contributed by atoms with Crippen LogP contribution in [-0.2, 0) is 14.8 Å². The summed E-state index contributed by atoms with van der Waals surface area (Å²) in [5, 5.41) is 0. The van der Waals surface area contributed by atoms with Gasteiger partial charge in [-0.25, -0.2) is 17.5 Å². The minimum absolute atomic E-state index is 0.000387. The molecule has 0 unspecified atom stereocenters. The van der Waals surface area contributed by atoms with Crippen LogP contribution in [0.1, 0.15) is 6.42 Å². The molecule has 0 atom stereocenters. The lowest BCUT2D eigenvalue weighted by atomic mass is 10.3. The quantitative estimate of drug-likeness (QED) is 0.626.